The maximum Gasteiger partial charge on any atom is 0.164 e. The Morgan fingerprint density at radius 3 is 1.31 bits per heavy atom. The second-order valence-corrected chi connectivity index (χ2v) is 16.0. The van der Waals surface area contributed by atoms with Gasteiger partial charge in [0, 0.05) is 48.2 Å². The number of rotatable bonds is 8. The maximum atomic E-state index is 5.40. The molecule has 0 saturated heterocycles. The summed E-state index contributed by atoms with van der Waals surface area (Å²) in [5.41, 5.74) is 13.9. The Morgan fingerprint density at radius 2 is 0.705 bits per heavy atom. The van der Waals surface area contributed by atoms with Gasteiger partial charge in [-0.2, -0.15) is 0 Å². The van der Waals surface area contributed by atoms with Crippen LogP contribution in [-0.2, 0) is 0 Å². The lowest BCUT2D eigenvalue weighted by molar-refractivity contribution is 1.07. The fraction of sp³-hybridized carbons (Fsp3) is 0. The molecule has 0 aliphatic carbocycles. The lowest BCUT2D eigenvalue weighted by atomic mass is 9.92. The predicted molar refractivity (Wildman–Crippen MR) is 254 cm³/mol. The number of para-hydroxylation sites is 1. The Labute approximate surface area is 358 Å². The minimum Gasteiger partial charge on any atom is -0.247 e. The van der Waals surface area contributed by atoms with E-state index in [0.29, 0.717) is 17.5 Å². The van der Waals surface area contributed by atoms with Gasteiger partial charge in [0.1, 0.15) is 0 Å². The molecule has 4 nitrogen and oxygen atoms in total. The van der Waals surface area contributed by atoms with Gasteiger partial charge in [-0.15, -0.1) is 11.3 Å². The molecular weight excluding hydrogens is 761 g/mol. The first-order valence-electron chi connectivity index (χ1n) is 20.4. The summed E-state index contributed by atoms with van der Waals surface area (Å²) >= 11 is 1.85. The van der Waals surface area contributed by atoms with Crippen LogP contribution in [0, 0.1) is 0 Å². The van der Waals surface area contributed by atoms with Crippen molar-refractivity contribution in [2.45, 2.75) is 0 Å². The number of pyridine rings is 1. The van der Waals surface area contributed by atoms with Crippen LogP contribution >= 0.6 is 11.3 Å². The van der Waals surface area contributed by atoms with Crippen LogP contribution < -0.4 is 0 Å². The van der Waals surface area contributed by atoms with Crippen LogP contribution in [0.2, 0.25) is 0 Å². The Balaban J connectivity index is 1.10. The van der Waals surface area contributed by atoms with Crippen molar-refractivity contribution in [2.24, 2.45) is 0 Å². The van der Waals surface area contributed by atoms with E-state index in [1.54, 1.807) is 0 Å². The van der Waals surface area contributed by atoms with Crippen molar-refractivity contribution >= 4 is 32.3 Å². The van der Waals surface area contributed by atoms with Gasteiger partial charge in [0.15, 0.2) is 17.5 Å². The van der Waals surface area contributed by atoms with Crippen molar-refractivity contribution in [1.29, 1.82) is 0 Å². The molecule has 0 saturated carbocycles. The molecule has 0 N–H and O–H groups in total. The van der Waals surface area contributed by atoms with E-state index in [0.717, 1.165) is 60.9 Å². The highest BCUT2D eigenvalue weighted by atomic mass is 32.1. The van der Waals surface area contributed by atoms with Crippen LogP contribution in [0.3, 0.4) is 0 Å². The van der Waals surface area contributed by atoms with E-state index in [1.807, 2.05) is 72.0 Å². The Hall–Kier alpha value is -7.86. The molecule has 3 heterocycles. The van der Waals surface area contributed by atoms with Gasteiger partial charge in [0.2, 0.25) is 0 Å². The molecule has 0 unspecified atom stereocenters. The summed E-state index contributed by atoms with van der Waals surface area (Å²) in [4.78, 5) is 21.6. The summed E-state index contributed by atoms with van der Waals surface area (Å²) in [6.45, 7) is 0. The number of aromatic nitrogens is 4. The van der Waals surface area contributed by atoms with Gasteiger partial charge in [-0.3, -0.25) is 0 Å². The zero-order valence-electron chi connectivity index (χ0n) is 33.0. The number of hydrogen-bond donors (Lipinski definition) is 0. The predicted octanol–water partition coefficient (Wildman–Crippen LogP) is 15.0. The molecule has 3 aromatic heterocycles. The van der Waals surface area contributed by atoms with Crippen LogP contribution in [-0.4, -0.2) is 19.9 Å². The molecule has 5 heteroatoms. The minimum atomic E-state index is 0.626. The fourth-order valence-electron chi connectivity index (χ4n) is 8.17. The van der Waals surface area contributed by atoms with Gasteiger partial charge in [-0.25, -0.2) is 19.9 Å². The topological polar surface area (TPSA) is 51.6 Å². The van der Waals surface area contributed by atoms with Crippen molar-refractivity contribution in [3.05, 3.63) is 218 Å². The van der Waals surface area contributed by atoms with Gasteiger partial charge < -0.3 is 0 Å². The number of hydrogen-bond acceptors (Lipinski definition) is 5. The van der Waals surface area contributed by atoms with Crippen LogP contribution in [0.25, 0.3) is 110 Å². The molecule has 11 rings (SSSR count). The highest BCUT2D eigenvalue weighted by Gasteiger charge is 2.23. The lowest BCUT2D eigenvalue weighted by Crippen LogP contribution is -2.00. The number of thiophene rings is 1. The standard InChI is InChI=1S/C56H36N4S/c1-5-18-37(19-6-1)41-26-16-30-45(35-41)52-49(50-51(38-20-7-2-8-21-38)57-48-33-14-13-32-47(48)53(50)61-52)44-29-15-27-42(34-44)43-28-17-31-46(36-43)56-59-54(39-22-9-3-10-23-39)58-55(60-56)40-24-11-4-12-25-40/h1-36H. The molecule has 61 heavy (non-hydrogen) atoms. The Kier molecular flexibility index (Phi) is 9.34. The second-order valence-electron chi connectivity index (χ2n) is 15.0. The Morgan fingerprint density at radius 1 is 0.295 bits per heavy atom. The van der Waals surface area contributed by atoms with Gasteiger partial charge in [-0.05, 0) is 57.6 Å². The van der Waals surface area contributed by atoms with Crippen molar-refractivity contribution < 1.29 is 0 Å². The van der Waals surface area contributed by atoms with Crippen molar-refractivity contribution in [2.75, 3.05) is 0 Å². The summed E-state index contributed by atoms with van der Waals surface area (Å²) in [6, 6.07) is 76.4. The largest absolute Gasteiger partial charge is 0.247 e. The summed E-state index contributed by atoms with van der Waals surface area (Å²) in [5, 5.41) is 2.31. The normalized spacial score (nSPS) is 11.3. The highest BCUT2D eigenvalue weighted by Crippen LogP contribution is 2.50. The quantitative estimate of drug-likeness (QED) is 0.154. The first-order valence-corrected chi connectivity index (χ1v) is 21.2. The van der Waals surface area contributed by atoms with E-state index in [1.165, 1.54) is 31.8 Å². The van der Waals surface area contributed by atoms with Gasteiger partial charge in [0.25, 0.3) is 0 Å². The molecule has 0 amide bonds. The average Bonchev–Trinajstić information content (AvgIpc) is 3.76. The van der Waals surface area contributed by atoms with E-state index in [4.69, 9.17) is 19.9 Å². The van der Waals surface area contributed by atoms with E-state index < -0.39 is 0 Å². The van der Waals surface area contributed by atoms with Crippen molar-refractivity contribution in [3.63, 3.8) is 0 Å². The zero-order chi connectivity index (χ0) is 40.5. The smallest absolute Gasteiger partial charge is 0.164 e. The van der Waals surface area contributed by atoms with Crippen LogP contribution in [0.15, 0.2) is 218 Å². The second kappa shape index (κ2) is 15.7. The monoisotopic (exact) mass is 796 g/mol. The summed E-state index contributed by atoms with van der Waals surface area (Å²) in [6.07, 6.45) is 0. The summed E-state index contributed by atoms with van der Waals surface area (Å²) < 4.78 is 1.23. The van der Waals surface area contributed by atoms with E-state index in [-0.39, 0.29) is 0 Å². The molecule has 0 spiro atoms. The molecule has 286 valence electrons. The van der Waals surface area contributed by atoms with Crippen LogP contribution in [0.5, 0.6) is 0 Å². The molecule has 0 radical (unpaired) electrons. The third-order valence-electron chi connectivity index (χ3n) is 11.1. The maximum absolute atomic E-state index is 5.40. The third-order valence-corrected chi connectivity index (χ3v) is 12.4. The Bertz CT molecular complexity index is 3290. The molecule has 0 atom stereocenters. The van der Waals surface area contributed by atoms with Gasteiger partial charge in [-0.1, -0.05) is 194 Å². The molecule has 0 aliphatic heterocycles. The molecule has 0 aliphatic rings. The molecular formula is C56H36N4S. The number of fused-ring (bicyclic) bond motifs is 3. The first kappa shape index (κ1) is 36.2. The third kappa shape index (κ3) is 6.97. The van der Waals surface area contributed by atoms with E-state index in [9.17, 15) is 0 Å². The minimum absolute atomic E-state index is 0.626. The average molecular weight is 797 g/mol. The van der Waals surface area contributed by atoms with Gasteiger partial charge >= 0.3 is 0 Å². The first-order chi connectivity index (χ1) is 30.2. The molecule has 8 aromatic carbocycles. The fourth-order valence-corrected chi connectivity index (χ4v) is 9.52. The van der Waals surface area contributed by atoms with Crippen molar-refractivity contribution in [1.82, 2.24) is 19.9 Å². The summed E-state index contributed by atoms with van der Waals surface area (Å²) in [7, 11) is 0. The van der Waals surface area contributed by atoms with E-state index >= 15 is 0 Å². The zero-order valence-corrected chi connectivity index (χ0v) is 33.8. The highest BCUT2D eigenvalue weighted by molar-refractivity contribution is 7.24. The van der Waals surface area contributed by atoms with E-state index in [2.05, 4.69) is 158 Å². The van der Waals surface area contributed by atoms with Crippen LogP contribution in [0.4, 0.5) is 0 Å². The number of nitrogens with zero attached hydrogens (tertiary/aromatic N) is 4. The lowest BCUT2D eigenvalue weighted by Gasteiger charge is -2.13. The summed E-state index contributed by atoms with van der Waals surface area (Å²) in [5.74, 6) is 1.90. The molecule has 0 fully saturated rings. The SMILES string of the molecule is c1ccc(-c2cccc(-c3sc4c(c(-c5ccccc5)nc5ccccc54)c3-c3cccc(-c4cccc(-c5nc(-c6ccccc6)nc(-c6ccccc6)n5)c4)c3)c2)cc1. The van der Waals surface area contributed by atoms with Crippen LogP contribution in [0.1, 0.15) is 0 Å². The van der Waals surface area contributed by atoms with Gasteiger partial charge in [0.05, 0.1) is 11.2 Å². The molecule has 0 bridgehead atoms. The molecule has 11 aromatic rings. The van der Waals surface area contributed by atoms with Crippen molar-refractivity contribution in [3.8, 4) is 89.2 Å². The number of benzene rings is 8.